The van der Waals surface area contributed by atoms with Crippen LogP contribution in [0.2, 0.25) is 0 Å². The molecule has 0 aliphatic rings. The van der Waals surface area contributed by atoms with E-state index in [1.54, 1.807) is 41.1 Å². The number of rotatable bonds is 27. The van der Waals surface area contributed by atoms with E-state index >= 15 is 0 Å². The molecule has 310 valence electrons. The van der Waals surface area contributed by atoms with Gasteiger partial charge < -0.3 is 38.9 Å². The second-order valence-electron chi connectivity index (χ2n) is 13.0. The third-order valence-electron chi connectivity index (χ3n) is 8.77. The molecule has 1 amide bonds. The third kappa shape index (κ3) is 16.1. The molecule has 0 saturated carbocycles. The largest absolute Gasteiger partial charge is 0.494 e. The number of alkyl halides is 3. The van der Waals surface area contributed by atoms with Crippen molar-refractivity contribution in [3.63, 3.8) is 0 Å². The molecule has 57 heavy (non-hydrogen) atoms. The van der Waals surface area contributed by atoms with Gasteiger partial charge in [0, 0.05) is 50.7 Å². The number of nitrogens with one attached hydrogen (secondary N) is 2. The molecule has 0 aliphatic heterocycles. The van der Waals surface area contributed by atoms with Crippen molar-refractivity contribution >= 4 is 17.6 Å². The Balaban J connectivity index is 1.10. The Hall–Kier alpha value is -5.13. The molecule has 4 rings (SSSR count). The third-order valence-corrected chi connectivity index (χ3v) is 8.77. The molecule has 0 saturated heterocycles. The molecule has 2 aromatic carbocycles. The topological polar surface area (TPSA) is 161 Å². The number of esters is 1. The van der Waals surface area contributed by atoms with Crippen molar-refractivity contribution in [3.05, 3.63) is 83.6 Å². The summed E-state index contributed by atoms with van der Waals surface area (Å²) >= 11 is 0. The minimum Gasteiger partial charge on any atom is -0.494 e. The van der Waals surface area contributed by atoms with Gasteiger partial charge in [-0.05, 0) is 80.1 Å². The van der Waals surface area contributed by atoms with Crippen LogP contribution in [0.15, 0.2) is 61.1 Å². The van der Waals surface area contributed by atoms with Crippen molar-refractivity contribution in [3.8, 4) is 17.3 Å². The van der Waals surface area contributed by atoms with Crippen LogP contribution in [0.3, 0.4) is 0 Å². The summed E-state index contributed by atoms with van der Waals surface area (Å²) in [4.78, 5) is 32.2. The average molecular weight is 800 g/mol. The van der Waals surface area contributed by atoms with E-state index in [1.807, 2.05) is 7.05 Å². The summed E-state index contributed by atoms with van der Waals surface area (Å²) in [5.41, 5.74) is 0.588. The molecule has 0 fully saturated rings. The Morgan fingerprint density at radius 2 is 1.49 bits per heavy atom. The number of unbranched alkanes of at least 4 members (excludes halogenated alkanes) is 5. The molecule has 2 heterocycles. The van der Waals surface area contributed by atoms with Gasteiger partial charge >= 0.3 is 12.1 Å². The van der Waals surface area contributed by atoms with Crippen molar-refractivity contribution < 1.29 is 46.4 Å². The van der Waals surface area contributed by atoms with Gasteiger partial charge in [0.25, 0.3) is 5.91 Å². The first-order valence-corrected chi connectivity index (χ1v) is 19.1. The number of aromatic nitrogens is 5. The molecule has 0 aliphatic carbocycles. The molecule has 0 unspecified atom stereocenters. The normalized spacial score (nSPS) is 11.4. The smallest absolute Gasteiger partial charge is 0.416 e. The molecule has 2 N–H and O–H groups in total. The highest BCUT2D eigenvalue weighted by molar-refractivity contribution is 5.95. The minimum atomic E-state index is -4.60. The molecule has 0 spiro atoms. The lowest BCUT2D eigenvalue weighted by Crippen LogP contribution is -2.24. The van der Waals surface area contributed by atoms with E-state index in [9.17, 15) is 22.8 Å². The number of hydrogen-bond acceptors (Lipinski definition) is 12. The summed E-state index contributed by atoms with van der Waals surface area (Å²) in [5.74, 6) is 0.786. The fourth-order valence-corrected chi connectivity index (χ4v) is 5.62. The summed E-state index contributed by atoms with van der Waals surface area (Å²) < 4.78 is 70.4. The summed E-state index contributed by atoms with van der Waals surface area (Å²) in [6.07, 6.45) is 4.88. The van der Waals surface area contributed by atoms with E-state index in [1.165, 1.54) is 25.6 Å². The number of amides is 1. The van der Waals surface area contributed by atoms with Crippen LogP contribution in [-0.2, 0) is 50.1 Å². The number of carbonyl (C=O) groups excluding carboxylic acids is 2. The molecule has 0 atom stereocenters. The predicted molar refractivity (Wildman–Crippen MR) is 205 cm³/mol. The summed E-state index contributed by atoms with van der Waals surface area (Å²) in [6, 6.07) is 12.0. The lowest BCUT2D eigenvalue weighted by atomic mass is 10.1. The highest BCUT2D eigenvalue weighted by atomic mass is 19.4. The highest BCUT2D eigenvalue weighted by Crippen LogP contribution is 2.34. The Kier molecular flexibility index (Phi) is 19.2. The number of methoxy groups -OCH3 is 1. The first kappa shape index (κ1) is 44.6. The van der Waals surface area contributed by atoms with Gasteiger partial charge in [0.2, 0.25) is 0 Å². The van der Waals surface area contributed by atoms with Crippen LogP contribution in [0.5, 0.6) is 5.75 Å². The Labute approximate surface area is 330 Å². The summed E-state index contributed by atoms with van der Waals surface area (Å²) in [6.45, 7) is 3.53. The number of carbonyl (C=O) groups is 2. The molecule has 14 nitrogen and oxygen atoms in total. The van der Waals surface area contributed by atoms with E-state index in [0.717, 1.165) is 51.0 Å². The Bertz CT molecular complexity index is 1790. The number of hydrogen-bond donors (Lipinski definition) is 2. The van der Waals surface area contributed by atoms with Gasteiger partial charge in [-0.2, -0.15) is 13.2 Å². The van der Waals surface area contributed by atoms with E-state index in [-0.39, 0.29) is 23.6 Å². The van der Waals surface area contributed by atoms with Gasteiger partial charge in [-0.3, -0.25) is 9.59 Å². The lowest BCUT2D eigenvalue weighted by Gasteiger charge is -2.16. The van der Waals surface area contributed by atoms with Gasteiger partial charge in [-0.25, -0.2) is 9.97 Å². The van der Waals surface area contributed by atoms with Crippen LogP contribution in [0.1, 0.15) is 78.7 Å². The summed E-state index contributed by atoms with van der Waals surface area (Å²) in [5, 5.41) is 14.2. The van der Waals surface area contributed by atoms with Crippen molar-refractivity contribution in [2.24, 2.45) is 7.05 Å². The van der Waals surface area contributed by atoms with Crippen LogP contribution in [0, 0.1) is 0 Å². The maximum absolute atomic E-state index is 13.9. The monoisotopic (exact) mass is 799 g/mol. The van der Waals surface area contributed by atoms with E-state index in [0.29, 0.717) is 88.0 Å². The first-order chi connectivity index (χ1) is 27.7. The van der Waals surface area contributed by atoms with E-state index < -0.39 is 17.6 Å². The molecule has 0 bridgehead atoms. The maximum Gasteiger partial charge on any atom is 0.416 e. The van der Waals surface area contributed by atoms with Crippen LogP contribution >= 0.6 is 0 Å². The van der Waals surface area contributed by atoms with Gasteiger partial charge in [-0.15, -0.1) is 10.2 Å². The van der Waals surface area contributed by atoms with Gasteiger partial charge in [0.05, 0.1) is 52.3 Å². The quantitative estimate of drug-likeness (QED) is 0.0495. The molecular formula is C40H52F3N7O7. The van der Waals surface area contributed by atoms with Crippen LogP contribution in [0.25, 0.3) is 11.5 Å². The molecule has 2 aromatic heterocycles. The number of halogens is 3. The lowest BCUT2D eigenvalue weighted by molar-refractivity contribution is -0.141. The standard InChI is InChI=1S/C40H52F3N7O7/c1-50-36(48-49-38(50)35-16-17-44-29-47-35)28-45-32-12-10-11-30(25-32)39(52)46-27-31-26-33(14-15-34(31)40(41,42)43)57-20-9-4-3-7-18-54-21-23-56-24-22-55-19-8-5-6-13-37(51)53-2/h10-12,14-17,25-26,29,45H,3-9,13,18-24,27-28H2,1-2H3,(H,46,52). The molecule has 0 radical (unpaired) electrons. The maximum atomic E-state index is 13.9. The van der Waals surface area contributed by atoms with Crippen molar-refractivity contribution in [1.82, 2.24) is 30.0 Å². The minimum absolute atomic E-state index is 0.0952. The zero-order valence-corrected chi connectivity index (χ0v) is 32.5. The number of ether oxygens (including phenoxy) is 5. The SMILES string of the molecule is COC(=O)CCCCCOCCOCCOCCCCCCOc1ccc(C(F)(F)F)c(CNC(=O)c2cccc(NCc3nnc(-c4ccncn4)n3C)c2)c1. The Morgan fingerprint density at radius 3 is 2.18 bits per heavy atom. The second-order valence-corrected chi connectivity index (χ2v) is 13.0. The molecule has 17 heteroatoms. The van der Waals surface area contributed by atoms with Crippen LogP contribution < -0.4 is 15.4 Å². The zero-order chi connectivity index (χ0) is 40.7. The Morgan fingerprint density at radius 1 is 0.789 bits per heavy atom. The number of anilines is 1. The highest BCUT2D eigenvalue weighted by Gasteiger charge is 2.33. The van der Waals surface area contributed by atoms with Gasteiger partial charge in [0.1, 0.15) is 17.8 Å². The van der Waals surface area contributed by atoms with E-state index in [4.69, 9.17) is 18.9 Å². The van der Waals surface area contributed by atoms with Crippen molar-refractivity contribution in [1.29, 1.82) is 0 Å². The van der Waals surface area contributed by atoms with Crippen LogP contribution in [-0.4, -0.2) is 90.0 Å². The van der Waals surface area contributed by atoms with Gasteiger partial charge in [0.15, 0.2) is 11.6 Å². The van der Waals surface area contributed by atoms with E-state index in [2.05, 4.69) is 35.5 Å². The molecular weight excluding hydrogens is 747 g/mol. The van der Waals surface area contributed by atoms with Gasteiger partial charge in [-0.1, -0.05) is 18.9 Å². The van der Waals surface area contributed by atoms with Crippen molar-refractivity contribution in [2.75, 3.05) is 58.7 Å². The number of nitrogens with zero attached hydrogens (tertiary/aromatic N) is 5. The fraction of sp³-hybridized carbons (Fsp3) is 0.500. The van der Waals surface area contributed by atoms with Crippen LogP contribution in [0.4, 0.5) is 18.9 Å². The van der Waals surface area contributed by atoms with Crippen molar-refractivity contribution in [2.45, 2.75) is 70.6 Å². The molecule has 4 aromatic rings. The zero-order valence-electron chi connectivity index (χ0n) is 32.5. The first-order valence-electron chi connectivity index (χ1n) is 19.1. The average Bonchev–Trinajstić information content (AvgIpc) is 3.59. The number of benzene rings is 2. The summed E-state index contributed by atoms with van der Waals surface area (Å²) in [7, 11) is 3.20. The predicted octanol–water partition coefficient (Wildman–Crippen LogP) is 6.56. The fourth-order valence-electron chi connectivity index (χ4n) is 5.62. The second kappa shape index (κ2) is 24.5.